The summed E-state index contributed by atoms with van der Waals surface area (Å²) in [6.45, 7) is 0. The van der Waals surface area contributed by atoms with Crippen molar-refractivity contribution in [1.29, 1.82) is 0 Å². The number of fused-ring (bicyclic) bond motifs is 2. The van der Waals surface area contributed by atoms with Gasteiger partial charge in [0.1, 0.15) is 5.69 Å². The minimum atomic E-state index is -0.0499. The van der Waals surface area contributed by atoms with E-state index in [2.05, 4.69) is 33.1 Å². The second kappa shape index (κ2) is 7.48. The molecule has 0 aliphatic rings. The van der Waals surface area contributed by atoms with Crippen LogP contribution in [0.15, 0.2) is 84.0 Å². The lowest BCUT2D eigenvalue weighted by molar-refractivity contribution is 0.795. The Labute approximate surface area is 195 Å². The summed E-state index contributed by atoms with van der Waals surface area (Å²) in [5, 5.41) is 3.44. The number of aromatic nitrogens is 6. The smallest absolute Gasteiger partial charge is 0.328 e. The number of anilines is 2. The third kappa shape index (κ3) is 3.03. The van der Waals surface area contributed by atoms with Gasteiger partial charge in [-0.3, -0.25) is 13.7 Å². The topological polar surface area (TPSA) is 74.6 Å². The SMILES string of the molecule is Cn1cncc1-c1nc2cc(Nc3ccccc3)ccc2n1-c1ccc2c(c1)n(C)c(=O)n2C. The molecule has 0 saturated carbocycles. The van der Waals surface area contributed by atoms with Crippen molar-refractivity contribution < 1.29 is 0 Å². The number of hydrogen-bond acceptors (Lipinski definition) is 4. The molecule has 6 rings (SSSR count). The molecule has 0 spiro atoms. The lowest BCUT2D eigenvalue weighted by Gasteiger charge is -2.11. The molecule has 0 amide bonds. The monoisotopic (exact) mass is 449 g/mol. The van der Waals surface area contributed by atoms with Gasteiger partial charge < -0.3 is 9.88 Å². The van der Waals surface area contributed by atoms with E-state index in [1.807, 2.05) is 66.3 Å². The highest BCUT2D eigenvalue weighted by molar-refractivity contribution is 5.88. The zero-order chi connectivity index (χ0) is 23.4. The van der Waals surface area contributed by atoms with E-state index in [9.17, 15) is 4.79 Å². The molecule has 8 nitrogen and oxygen atoms in total. The zero-order valence-corrected chi connectivity index (χ0v) is 19.1. The number of aryl methyl sites for hydroxylation is 3. The van der Waals surface area contributed by atoms with Crippen LogP contribution >= 0.6 is 0 Å². The van der Waals surface area contributed by atoms with Crippen LogP contribution < -0.4 is 11.0 Å². The van der Waals surface area contributed by atoms with Crippen molar-refractivity contribution in [1.82, 2.24) is 28.2 Å². The van der Waals surface area contributed by atoms with E-state index in [4.69, 9.17) is 4.98 Å². The van der Waals surface area contributed by atoms with Crippen LogP contribution in [-0.4, -0.2) is 28.2 Å². The zero-order valence-electron chi connectivity index (χ0n) is 19.1. The van der Waals surface area contributed by atoms with Crippen LogP contribution in [-0.2, 0) is 21.1 Å². The molecule has 0 aliphatic carbocycles. The van der Waals surface area contributed by atoms with Gasteiger partial charge in [-0.05, 0) is 48.5 Å². The predicted molar refractivity (Wildman–Crippen MR) is 135 cm³/mol. The molecule has 0 atom stereocenters. The van der Waals surface area contributed by atoms with Crippen LogP contribution in [0.2, 0.25) is 0 Å². The van der Waals surface area contributed by atoms with E-state index in [0.717, 1.165) is 50.6 Å². The van der Waals surface area contributed by atoms with Gasteiger partial charge >= 0.3 is 5.69 Å². The molecule has 3 aromatic carbocycles. The van der Waals surface area contributed by atoms with Crippen LogP contribution in [0.1, 0.15) is 0 Å². The Bertz CT molecular complexity index is 1730. The van der Waals surface area contributed by atoms with Crippen LogP contribution in [0, 0.1) is 0 Å². The van der Waals surface area contributed by atoms with Crippen LogP contribution in [0.4, 0.5) is 11.4 Å². The van der Waals surface area contributed by atoms with E-state index in [1.165, 1.54) is 0 Å². The van der Waals surface area contributed by atoms with Crippen LogP contribution in [0.3, 0.4) is 0 Å². The van der Waals surface area contributed by atoms with E-state index < -0.39 is 0 Å². The molecule has 0 bridgehead atoms. The first-order valence-corrected chi connectivity index (χ1v) is 11.0. The average molecular weight is 450 g/mol. The van der Waals surface area contributed by atoms with Gasteiger partial charge in [-0.2, -0.15) is 0 Å². The Morgan fingerprint density at radius 3 is 2.32 bits per heavy atom. The molecule has 3 heterocycles. The molecule has 8 heteroatoms. The fraction of sp³-hybridized carbons (Fsp3) is 0.115. The van der Waals surface area contributed by atoms with Crippen molar-refractivity contribution in [3.63, 3.8) is 0 Å². The van der Waals surface area contributed by atoms with Crippen molar-refractivity contribution >= 4 is 33.4 Å². The minimum Gasteiger partial charge on any atom is -0.355 e. The first-order valence-electron chi connectivity index (χ1n) is 11.0. The highest BCUT2D eigenvalue weighted by Gasteiger charge is 2.18. The Kier molecular flexibility index (Phi) is 4.41. The maximum atomic E-state index is 12.5. The average Bonchev–Trinajstić information content (AvgIpc) is 3.50. The molecular formula is C26H23N7O. The number of nitrogens with one attached hydrogen (secondary N) is 1. The van der Waals surface area contributed by atoms with Gasteiger partial charge in [-0.25, -0.2) is 14.8 Å². The molecule has 6 aromatic rings. The van der Waals surface area contributed by atoms with E-state index in [1.54, 1.807) is 29.6 Å². The second-order valence-corrected chi connectivity index (χ2v) is 8.43. The van der Waals surface area contributed by atoms with Crippen molar-refractivity contribution in [2.75, 3.05) is 5.32 Å². The van der Waals surface area contributed by atoms with Gasteiger partial charge in [0.15, 0.2) is 5.82 Å². The third-order valence-electron chi connectivity index (χ3n) is 6.28. The Hall–Kier alpha value is -4.59. The third-order valence-corrected chi connectivity index (χ3v) is 6.28. The maximum absolute atomic E-state index is 12.5. The summed E-state index contributed by atoms with van der Waals surface area (Å²) in [5.74, 6) is 0.784. The largest absolute Gasteiger partial charge is 0.355 e. The maximum Gasteiger partial charge on any atom is 0.328 e. The lowest BCUT2D eigenvalue weighted by atomic mass is 10.2. The number of hydrogen-bond donors (Lipinski definition) is 1. The molecular weight excluding hydrogens is 426 g/mol. The van der Waals surface area contributed by atoms with Crippen LogP contribution in [0.25, 0.3) is 39.3 Å². The molecule has 0 aliphatic heterocycles. The molecule has 0 fully saturated rings. The van der Waals surface area contributed by atoms with Crippen molar-refractivity contribution in [3.8, 4) is 17.2 Å². The summed E-state index contributed by atoms with van der Waals surface area (Å²) in [4.78, 5) is 21.8. The quantitative estimate of drug-likeness (QED) is 0.434. The standard InChI is InChI=1S/C26H23N7O/c1-30-16-27-15-24(30)25-29-20-13-18(28-17-7-5-4-6-8-17)9-11-21(20)33(25)19-10-12-22-23(14-19)32(3)26(34)31(22)2/h4-16,28H,1-3H3. The second-order valence-electron chi connectivity index (χ2n) is 8.43. The Balaban J connectivity index is 1.57. The Morgan fingerprint density at radius 1 is 0.794 bits per heavy atom. The van der Waals surface area contributed by atoms with Gasteiger partial charge in [0.05, 0.1) is 34.6 Å². The summed E-state index contributed by atoms with van der Waals surface area (Å²) in [7, 11) is 5.54. The van der Waals surface area contributed by atoms with Crippen molar-refractivity contribution in [2.24, 2.45) is 21.1 Å². The molecule has 168 valence electrons. The highest BCUT2D eigenvalue weighted by atomic mass is 16.1. The molecule has 0 radical (unpaired) electrons. The molecule has 3 aromatic heterocycles. The molecule has 0 saturated heterocycles. The van der Waals surface area contributed by atoms with Crippen molar-refractivity contribution in [2.45, 2.75) is 0 Å². The van der Waals surface area contributed by atoms with Gasteiger partial charge in [0.2, 0.25) is 0 Å². The first-order chi connectivity index (χ1) is 16.5. The van der Waals surface area contributed by atoms with Gasteiger partial charge in [0, 0.05) is 38.2 Å². The van der Waals surface area contributed by atoms with E-state index >= 15 is 0 Å². The lowest BCUT2D eigenvalue weighted by Crippen LogP contribution is -2.19. The van der Waals surface area contributed by atoms with E-state index in [-0.39, 0.29) is 5.69 Å². The normalized spacial score (nSPS) is 11.5. The van der Waals surface area contributed by atoms with E-state index in [0.29, 0.717) is 0 Å². The number of para-hydroxylation sites is 1. The predicted octanol–water partition coefficient (Wildman–Crippen LogP) is 4.36. The number of imidazole rings is 3. The summed E-state index contributed by atoms with van der Waals surface area (Å²) < 4.78 is 7.41. The summed E-state index contributed by atoms with van der Waals surface area (Å²) in [5.41, 5.74) is 7.33. The summed E-state index contributed by atoms with van der Waals surface area (Å²) in [6, 6.07) is 22.3. The van der Waals surface area contributed by atoms with Crippen molar-refractivity contribution in [3.05, 3.63) is 89.7 Å². The fourth-order valence-corrected chi connectivity index (χ4v) is 4.49. The molecule has 34 heavy (non-hydrogen) atoms. The van der Waals surface area contributed by atoms with Gasteiger partial charge in [-0.15, -0.1) is 0 Å². The fourth-order valence-electron chi connectivity index (χ4n) is 4.49. The Morgan fingerprint density at radius 2 is 1.56 bits per heavy atom. The number of rotatable bonds is 4. The minimum absolute atomic E-state index is 0.0499. The molecule has 0 unspecified atom stereocenters. The molecule has 1 N–H and O–H groups in total. The van der Waals surface area contributed by atoms with Gasteiger partial charge in [-0.1, -0.05) is 18.2 Å². The first kappa shape index (κ1) is 20.0. The van der Waals surface area contributed by atoms with Gasteiger partial charge in [0.25, 0.3) is 0 Å². The number of nitrogens with zero attached hydrogens (tertiary/aromatic N) is 6. The summed E-state index contributed by atoms with van der Waals surface area (Å²) >= 11 is 0. The number of benzene rings is 3. The highest BCUT2D eigenvalue weighted by Crippen LogP contribution is 2.31. The summed E-state index contributed by atoms with van der Waals surface area (Å²) in [6.07, 6.45) is 3.59. The van der Waals surface area contributed by atoms with Crippen LogP contribution in [0.5, 0.6) is 0 Å².